The quantitative estimate of drug-likeness (QED) is 0.762. The van der Waals surface area contributed by atoms with Crippen molar-refractivity contribution in [2.75, 3.05) is 13.7 Å². The molecule has 0 bridgehead atoms. The molecule has 0 radical (unpaired) electrons. The van der Waals surface area contributed by atoms with Crippen LogP contribution in [0.25, 0.3) is 0 Å². The van der Waals surface area contributed by atoms with Crippen LogP contribution in [0.3, 0.4) is 0 Å². The van der Waals surface area contributed by atoms with Crippen LogP contribution in [0.2, 0.25) is 0 Å². The molecule has 17 heavy (non-hydrogen) atoms. The summed E-state index contributed by atoms with van der Waals surface area (Å²) in [6.45, 7) is 0.491. The first-order chi connectivity index (χ1) is 8.17. The van der Waals surface area contributed by atoms with Crippen molar-refractivity contribution < 1.29 is 14.6 Å². The van der Waals surface area contributed by atoms with Gasteiger partial charge in [-0.25, -0.2) is 0 Å². The van der Waals surface area contributed by atoms with Gasteiger partial charge < -0.3 is 15.6 Å². The maximum Gasteiger partial charge on any atom is 0.307 e. The molecule has 0 aliphatic carbocycles. The molecule has 3 N–H and O–H groups in total. The van der Waals surface area contributed by atoms with Crippen LogP contribution in [0.1, 0.15) is 17.5 Å². The predicted octanol–water partition coefficient (Wildman–Crippen LogP) is 1.02. The average molecular weight is 233 g/mol. The number of hydrogen-bond donors (Lipinski definition) is 2. The minimum Gasteiger partial charge on any atom is -0.497 e. The number of hydrogen-bond acceptors (Lipinski definition) is 3. The monoisotopic (exact) mass is 233 g/mol. The summed E-state index contributed by atoms with van der Waals surface area (Å²) >= 11 is 0. The second kappa shape index (κ2) is 6.56. The number of nitrogens with two attached hydrogens (primary N) is 1. The number of carbonyl (C=O) groups is 1. The van der Waals surface area contributed by atoms with Gasteiger partial charge >= 0.3 is 5.97 Å². The van der Waals surface area contributed by atoms with Crippen molar-refractivity contribution in [1.82, 2.24) is 0 Å². The van der Waals surface area contributed by atoms with E-state index >= 15 is 0 Å². The minimum atomic E-state index is -0.878. The van der Waals surface area contributed by atoms with Crippen molar-refractivity contribution in [2.24, 2.45) is 5.73 Å². The second-order valence-corrected chi connectivity index (χ2v) is 3.43. The van der Waals surface area contributed by atoms with Crippen LogP contribution in [0.5, 0.6) is 5.75 Å². The molecule has 0 fully saturated rings. The first-order valence-corrected chi connectivity index (χ1v) is 5.25. The Morgan fingerprint density at radius 3 is 2.88 bits per heavy atom. The lowest BCUT2D eigenvalue weighted by molar-refractivity contribution is -0.136. The lowest BCUT2D eigenvalue weighted by Gasteiger charge is -2.05. The van der Waals surface area contributed by atoms with E-state index in [9.17, 15) is 4.79 Å². The van der Waals surface area contributed by atoms with Gasteiger partial charge in [0.15, 0.2) is 0 Å². The van der Waals surface area contributed by atoms with Gasteiger partial charge in [0.05, 0.1) is 13.5 Å². The van der Waals surface area contributed by atoms with Crippen molar-refractivity contribution in [3.05, 3.63) is 29.3 Å². The molecule has 0 unspecified atom stereocenters. The van der Waals surface area contributed by atoms with Gasteiger partial charge in [-0.2, -0.15) is 0 Å². The zero-order valence-electron chi connectivity index (χ0n) is 9.69. The highest BCUT2D eigenvalue weighted by Crippen LogP contribution is 2.17. The van der Waals surface area contributed by atoms with E-state index in [1.807, 2.05) is 0 Å². The Hall–Kier alpha value is -1.99. The van der Waals surface area contributed by atoms with Crippen LogP contribution in [-0.2, 0) is 11.2 Å². The zero-order chi connectivity index (χ0) is 12.7. The van der Waals surface area contributed by atoms with E-state index in [0.717, 1.165) is 0 Å². The van der Waals surface area contributed by atoms with Gasteiger partial charge in [0.1, 0.15) is 5.75 Å². The first-order valence-electron chi connectivity index (χ1n) is 5.25. The summed E-state index contributed by atoms with van der Waals surface area (Å²) in [6.07, 6.45) is 0.542. The molecule has 1 aromatic carbocycles. The molecule has 0 saturated carbocycles. The van der Waals surface area contributed by atoms with Gasteiger partial charge in [0.25, 0.3) is 0 Å². The van der Waals surface area contributed by atoms with Gasteiger partial charge in [-0.3, -0.25) is 4.79 Å². The molecule has 0 atom stereocenters. The van der Waals surface area contributed by atoms with E-state index in [4.69, 9.17) is 15.6 Å². The van der Waals surface area contributed by atoms with E-state index in [-0.39, 0.29) is 6.42 Å². The summed E-state index contributed by atoms with van der Waals surface area (Å²) in [4.78, 5) is 10.7. The summed E-state index contributed by atoms with van der Waals surface area (Å²) in [5, 5.41) is 8.79. The largest absolute Gasteiger partial charge is 0.497 e. The molecule has 1 aromatic rings. The fourth-order valence-corrected chi connectivity index (χ4v) is 1.35. The molecule has 4 heteroatoms. The number of aliphatic carboxylic acids is 1. The van der Waals surface area contributed by atoms with Crippen molar-refractivity contribution in [3.8, 4) is 17.6 Å². The number of carboxylic acid groups (broad SMARTS) is 1. The Balaban J connectivity index is 3.03. The number of ether oxygens (including phenoxy) is 1. The Bertz CT molecular complexity index is 457. The van der Waals surface area contributed by atoms with Crippen molar-refractivity contribution >= 4 is 5.97 Å². The third-order valence-corrected chi connectivity index (χ3v) is 2.15. The molecule has 1 rings (SSSR count). The summed E-state index contributed by atoms with van der Waals surface area (Å²) in [5.74, 6) is 5.60. The fourth-order valence-electron chi connectivity index (χ4n) is 1.35. The summed E-state index contributed by atoms with van der Waals surface area (Å²) < 4.78 is 5.08. The third-order valence-electron chi connectivity index (χ3n) is 2.15. The molecular formula is C13H15NO3. The van der Waals surface area contributed by atoms with Crippen LogP contribution in [0.15, 0.2) is 18.2 Å². The Morgan fingerprint density at radius 1 is 1.53 bits per heavy atom. The lowest BCUT2D eigenvalue weighted by Crippen LogP contribution is -2.02. The smallest absolute Gasteiger partial charge is 0.307 e. The minimum absolute atomic E-state index is 0.0450. The van der Waals surface area contributed by atoms with E-state index in [2.05, 4.69) is 11.8 Å². The molecule has 90 valence electrons. The van der Waals surface area contributed by atoms with Crippen LogP contribution in [0, 0.1) is 11.8 Å². The van der Waals surface area contributed by atoms with Gasteiger partial charge in [-0.15, -0.1) is 0 Å². The molecule has 4 nitrogen and oxygen atoms in total. The number of carboxylic acids is 1. The average Bonchev–Trinajstić information content (AvgIpc) is 2.30. The number of benzene rings is 1. The summed E-state index contributed by atoms with van der Waals surface area (Å²) in [5.41, 5.74) is 6.71. The highest BCUT2D eigenvalue weighted by atomic mass is 16.5. The number of rotatable bonds is 4. The third kappa shape index (κ3) is 4.17. The van der Waals surface area contributed by atoms with Crippen LogP contribution >= 0.6 is 0 Å². The summed E-state index contributed by atoms with van der Waals surface area (Å²) in [7, 11) is 1.56. The molecule has 0 spiro atoms. The molecular weight excluding hydrogens is 218 g/mol. The Labute approximate surface area is 100 Å². The molecule has 0 aromatic heterocycles. The highest BCUT2D eigenvalue weighted by Gasteiger charge is 2.06. The van der Waals surface area contributed by atoms with Crippen LogP contribution in [0.4, 0.5) is 0 Å². The maximum absolute atomic E-state index is 10.7. The van der Waals surface area contributed by atoms with Gasteiger partial charge in [0.2, 0.25) is 0 Å². The SMILES string of the molecule is COc1ccc(CC(=O)O)c(C#CCCN)c1. The first kappa shape index (κ1) is 13.1. The highest BCUT2D eigenvalue weighted by molar-refractivity contribution is 5.71. The molecule has 0 aliphatic heterocycles. The predicted molar refractivity (Wildman–Crippen MR) is 64.9 cm³/mol. The van der Waals surface area contributed by atoms with Crippen molar-refractivity contribution in [2.45, 2.75) is 12.8 Å². The zero-order valence-corrected chi connectivity index (χ0v) is 9.69. The van der Waals surface area contributed by atoms with Gasteiger partial charge in [-0.1, -0.05) is 17.9 Å². The van der Waals surface area contributed by atoms with Crippen molar-refractivity contribution in [3.63, 3.8) is 0 Å². The van der Waals surface area contributed by atoms with E-state index < -0.39 is 5.97 Å². The lowest BCUT2D eigenvalue weighted by atomic mass is 10.0. The Kier molecular flexibility index (Phi) is 5.05. The molecule has 0 amide bonds. The number of methoxy groups -OCH3 is 1. The molecule has 0 saturated heterocycles. The maximum atomic E-state index is 10.7. The standard InChI is InChI=1S/C13H15NO3/c1-17-12-6-5-11(9-13(15)16)10(8-12)4-2-3-7-14/h5-6,8H,3,7,9,14H2,1H3,(H,15,16). The van der Waals surface area contributed by atoms with Crippen LogP contribution in [-0.4, -0.2) is 24.7 Å². The van der Waals surface area contributed by atoms with Gasteiger partial charge in [0, 0.05) is 18.5 Å². The van der Waals surface area contributed by atoms with Crippen LogP contribution < -0.4 is 10.5 Å². The van der Waals surface area contributed by atoms with E-state index in [1.54, 1.807) is 25.3 Å². The second-order valence-electron chi connectivity index (χ2n) is 3.43. The van der Waals surface area contributed by atoms with Crippen molar-refractivity contribution in [1.29, 1.82) is 0 Å². The molecule has 0 heterocycles. The van der Waals surface area contributed by atoms with E-state index in [0.29, 0.717) is 29.8 Å². The summed E-state index contributed by atoms with van der Waals surface area (Å²) in [6, 6.07) is 5.19. The normalized spacial score (nSPS) is 9.29. The topological polar surface area (TPSA) is 72.5 Å². The van der Waals surface area contributed by atoms with Gasteiger partial charge in [-0.05, 0) is 17.7 Å². The molecule has 0 aliphatic rings. The van der Waals surface area contributed by atoms with E-state index in [1.165, 1.54) is 0 Å². The fraction of sp³-hybridized carbons (Fsp3) is 0.308. The Morgan fingerprint density at radius 2 is 2.29 bits per heavy atom.